The number of nitrogens with one attached hydrogen (secondary N) is 3. The summed E-state index contributed by atoms with van der Waals surface area (Å²) in [4.78, 5) is 33.5. The molecule has 0 bridgehead atoms. The summed E-state index contributed by atoms with van der Waals surface area (Å²) >= 11 is 0. The van der Waals surface area contributed by atoms with Crippen molar-refractivity contribution in [2.75, 3.05) is 85.2 Å². The molecule has 0 saturated carbocycles. The lowest BCUT2D eigenvalue weighted by Crippen LogP contribution is -2.61. The van der Waals surface area contributed by atoms with Crippen LogP contribution in [0.5, 0.6) is 0 Å². The van der Waals surface area contributed by atoms with Gasteiger partial charge in [0.05, 0.1) is 13.2 Å². The van der Waals surface area contributed by atoms with Crippen LogP contribution in [-0.2, 0) is 19.2 Å². The van der Waals surface area contributed by atoms with E-state index in [9.17, 15) is 14.7 Å². The fourth-order valence-corrected chi connectivity index (χ4v) is 3.82. The number of alkyl carbamates (subject to hydrolysis) is 1. The number of hydrogen-bond donors (Lipinski definition) is 6. The smallest absolute Gasteiger partial charge is 0.407 e. The zero-order valence-corrected chi connectivity index (χ0v) is 23.1. The molecule has 1 rings (SSSR count). The minimum absolute atomic E-state index is 0.0138. The van der Waals surface area contributed by atoms with Gasteiger partial charge in [-0.05, 0) is 27.2 Å². The lowest BCUT2D eigenvalue weighted by atomic mass is 9.95. The van der Waals surface area contributed by atoms with Crippen LogP contribution >= 0.6 is 0 Å². The van der Waals surface area contributed by atoms with Crippen LogP contribution in [-0.4, -0.2) is 129 Å². The van der Waals surface area contributed by atoms with E-state index in [1.54, 1.807) is 20.8 Å². The van der Waals surface area contributed by atoms with Crippen molar-refractivity contribution in [3.05, 3.63) is 0 Å². The average molecular weight is 535 g/mol. The van der Waals surface area contributed by atoms with Gasteiger partial charge in [0.1, 0.15) is 17.2 Å². The van der Waals surface area contributed by atoms with Crippen LogP contribution in [0.15, 0.2) is 0 Å². The zero-order chi connectivity index (χ0) is 27.7. The van der Waals surface area contributed by atoms with Gasteiger partial charge in [-0.3, -0.25) is 19.9 Å². The van der Waals surface area contributed by atoms with Crippen LogP contribution in [0.25, 0.3) is 0 Å². The Hall–Kier alpha value is -1.58. The third kappa shape index (κ3) is 15.4. The van der Waals surface area contributed by atoms with E-state index in [0.717, 1.165) is 32.6 Å². The number of esters is 1. The Bertz CT molecular complexity index is 634. The van der Waals surface area contributed by atoms with Gasteiger partial charge in [0.25, 0.3) is 0 Å². The molecule has 218 valence electrons. The molecule has 7 N–H and O–H groups in total. The lowest BCUT2D eigenvalue weighted by Gasteiger charge is -2.36. The van der Waals surface area contributed by atoms with E-state index in [4.69, 9.17) is 20.5 Å². The molecule has 2 atom stereocenters. The number of ether oxygens (including phenoxy) is 2. The summed E-state index contributed by atoms with van der Waals surface area (Å²) in [5.41, 5.74) is 3.68. The maximum atomic E-state index is 12.9. The second kappa shape index (κ2) is 17.8. The molecule has 0 aromatic heterocycles. The highest BCUT2D eigenvalue weighted by atomic mass is 17.1. The van der Waals surface area contributed by atoms with Crippen LogP contribution in [0.1, 0.15) is 40.5 Å². The molecular formula is C24H50N6O7. The molecule has 13 heteroatoms. The maximum absolute atomic E-state index is 12.9. The number of nitrogens with zero attached hydrogens (tertiary/aromatic N) is 2. The Morgan fingerprint density at radius 2 is 1.59 bits per heavy atom. The van der Waals surface area contributed by atoms with Gasteiger partial charge in [-0.1, -0.05) is 13.3 Å². The molecule has 1 saturated heterocycles. The number of aliphatic hydroxyl groups is 1. The van der Waals surface area contributed by atoms with Gasteiger partial charge in [0.2, 0.25) is 0 Å². The summed E-state index contributed by atoms with van der Waals surface area (Å²) in [5.74, 6) is -1.84. The van der Waals surface area contributed by atoms with E-state index in [1.165, 1.54) is 0 Å². The molecule has 0 aromatic rings. The quantitative estimate of drug-likeness (QED) is 0.0619. The van der Waals surface area contributed by atoms with Gasteiger partial charge in [-0.2, -0.15) is 0 Å². The molecule has 0 aromatic carbocycles. The van der Waals surface area contributed by atoms with E-state index in [-0.39, 0.29) is 26.3 Å². The van der Waals surface area contributed by atoms with Crippen molar-refractivity contribution in [3.8, 4) is 0 Å². The standard InChI is InChI=1S/C24H50N6O7/c1-5-6-16-35-21(31)20(18-28-22(32)37-23(2,3)4)24(25,33)19-30-13-9-26-7-11-29(15-17-36-34)12-8-27-10-14-30/h20,26-27,33-34H,5-19,25H2,1-4H3,(H,28,32). The molecule has 0 aliphatic carbocycles. The highest BCUT2D eigenvalue weighted by Gasteiger charge is 2.41. The Morgan fingerprint density at radius 3 is 2.11 bits per heavy atom. The highest BCUT2D eigenvalue weighted by Crippen LogP contribution is 2.17. The summed E-state index contributed by atoms with van der Waals surface area (Å²) in [6, 6.07) is 0. The average Bonchev–Trinajstić information content (AvgIpc) is 2.78. The molecule has 1 heterocycles. The van der Waals surface area contributed by atoms with Crippen molar-refractivity contribution in [1.29, 1.82) is 0 Å². The largest absolute Gasteiger partial charge is 0.465 e. The predicted octanol–water partition coefficient (Wildman–Crippen LogP) is -0.596. The Morgan fingerprint density at radius 1 is 1.03 bits per heavy atom. The Balaban J connectivity index is 2.80. The van der Waals surface area contributed by atoms with Gasteiger partial charge in [-0.25, -0.2) is 9.68 Å². The monoisotopic (exact) mass is 534 g/mol. The molecule has 1 amide bonds. The van der Waals surface area contributed by atoms with Crippen LogP contribution < -0.4 is 21.7 Å². The molecule has 1 fully saturated rings. The zero-order valence-electron chi connectivity index (χ0n) is 23.1. The molecule has 0 spiro atoms. The van der Waals surface area contributed by atoms with E-state index >= 15 is 0 Å². The normalized spacial score (nSPS) is 19.6. The fourth-order valence-electron chi connectivity index (χ4n) is 3.82. The molecule has 37 heavy (non-hydrogen) atoms. The Labute approximate surface area is 221 Å². The van der Waals surface area contributed by atoms with Gasteiger partial charge < -0.3 is 36.3 Å². The molecule has 0 radical (unpaired) electrons. The molecule has 1 aliphatic rings. The first-order chi connectivity index (χ1) is 17.5. The van der Waals surface area contributed by atoms with Gasteiger partial charge in [0.15, 0.2) is 0 Å². The first kappa shape index (κ1) is 33.4. The predicted molar refractivity (Wildman–Crippen MR) is 140 cm³/mol. The van der Waals surface area contributed by atoms with Crippen LogP contribution in [0.4, 0.5) is 4.79 Å². The number of carbonyl (C=O) groups excluding carboxylic acids is 2. The van der Waals surface area contributed by atoms with E-state index in [2.05, 4.69) is 25.7 Å². The topological polar surface area (TPSA) is 171 Å². The van der Waals surface area contributed by atoms with Crippen molar-refractivity contribution in [2.45, 2.75) is 51.9 Å². The summed E-state index contributed by atoms with van der Waals surface area (Å²) in [5, 5.41) is 29.2. The maximum Gasteiger partial charge on any atom is 0.407 e. The van der Waals surface area contributed by atoms with E-state index in [1.807, 2.05) is 11.8 Å². The third-order valence-corrected chi connectivity index (χ3v) is 5.87. The van der Waals surface area contributed by atoms with Gasteiger partial charge >= 0.3 is 12.1 Å². The fraction of sp³-hybridized carbons (Fsp3) is 0.917. The highest BCUT2D eigenvalue weighted by molar-refractivity contribution is 5.75. The van der Waals surface area contributed by atoms with Crippen molar-refractivity contribution >= 4 is 12.1 Å². The summed E-state index contributed by atoms with van der Waals surface area (Å²) in [7, 11) is 0. The van der Waals surface area contributed by atoms with Crippen molar-refractivity contribution in [2.24, 2.45) is 11.7 Å². The molecule has 2 unspecified atom stereocenters. The summed E-state index contributed by atoms with van der Waals surface area (Å²) in [6.45, 7) is 13.7. The number of unbranched alkanes of at least 4 members (excludes halogenated alkanes) is 1. The minimum atomic E-state index is -1.95. The van der Waals surface area contributed by atoms with Gasteiger partial charge in [0, 0.05) is 72.0 Å². The van der Waals surface area contributed by atoms with E-state index in [0.29, 0.717) is 39.1 Å². The van der Waals surface area contributed by atoms with Crippen LogP contribution in [0.3, 0.4) is 0 Å². The first-order valence-electron chi connectivity index (χ1n) is 13.3. The number of carbonyl (C=O) groups is 2. The molecule has 1 aliphatic heterocycles. The Kier molecular flexibility index (Phi) is 16.1. The molecular weight excluding hydrogens is 484 g/mol. The van der Waals surface area contributed by atoms with Crippen LogP contribution in [0, 0.1) is 5.92 Å². The van der Waals surface area contributed by atoms with Crippen molar-refractivity contribution in [1.82, 2.24) is 25.8 Å². The first-order valence-corrected chi connectivity index (χ1v) is 13.3. The second-order valence-electron chi connectivity index (χ2n) is 10.4. The number of β-amino-alcohol motifs (C(OH)–C–C–N with tert-alkyl or cyclic N) is 1. The lowest BCUT2D eigenvalue weighted by molar-refractivity contribution is -0.243. The third-order valence-electron chi connectivity index (χ3n) is 5.87. The van der Waals surface area contributed by atoms with E-state index < -0.39 is 29.3 Å². The summed E-state index contributed by atoms with van der Waals surface area (Å²) < 4.78 is 10.6. The molecule has 13 nitrogen and oxygen atoms in total. The SMILES string of the molecule is CCCCOC(=O)C(CNC(=O)OC(C)(C)C)C(N)(O)CN1CCNCCN(CCOO)CCNCC1. The number of amides is 1. The van der Waals surface area contributed by atoms with Crippen molar-refractivity contribution < 1.29 is 34.3 Å². The number of nitrogens with two attached hydrogens (primary N) is 1. The van der Waals surface area contributed by atoms with Gasteiger partial charge in [-0.15, -0.1) is 0 Å². The summed E-state index contributed by atoms with van der Waals surface area (Å²) in [6.07, 6.45) is 0.838. The second-order valence-corrected chi connectivity index (χ2v) is 10.4. The minimum Gasteiger partial charge on any atom is -0.465 e. The van der Waals surface area contributed by atoms with Crippen molar-refractivity contribution in [3.63, 3.8) is 0 Å². The number of hydrogen-bond acceptors (Lipinski definition) is 12. The van der Waals surface area contributed by atoms with Crippen LogP contribution in [0.2, 0.25) is 0 Å². The number of rotatable bonds is 12.